The summed E-state index contributed by atoms with van der Waals surface area (Å²) in [5.41, 5.74) is 3.59. The molecule has 0 heterocycles. The molecule has 2 aromatic carbocycles. The van der Waals surface area contributed by atoms with Crippen LogP contribution in [-0.4, -0.2) is 59.6 Å². The molecule has 3 N–H and O–H groups in total. The van der Waals surface area contributed by atoms with Gasteiger partial charge in [-0.3, -0.25) is 0 Å². The molecule has 0 aliphatic rings. The van der Waals surface area contributed by atoms with Crippen LogP contribution >= 0.6 is 0 Å². The minimum atomic E-state index is -0.895. The lowest BCUT2D eigenvalue weighted by molar-refractivity contribution is -0.113. The predicted octanol–water partition coefficient (Wildman–Crippen LogP) is 6.26. The summed E-state index contributed by atoms with van der Waals surface area (Å²) >= 11 is 0. The van der Waals surface area contributed by atoms with E-state index in [9.17, 15) is 10.2 Å². The second-order valence-electron chi connectivity index (χ2n) is 11.2. The van der Waals surface area contributed by atoms with Gasteiger partial charge in [0.15, 0.2) is 0 Å². The van der Waals surface area contributed by atoms with Crippen LogP contribution in [-0.2, 0) is 10.2 Å². The fraction of sp³-hybridized carbons (Fsp3) is 0.636. The largest absolute Gasteiger partial charge is 0.491 e. The molecule has 0 unspecified atom stereocenters. The first-order valence-corrected chi connectivity index (χ1v) is 14.6. The van der Waals surface area contributed by atoms with Gasteiger partial charge in [-0.15, -0.1) is 0 Å². The standard InChI is InChI=1S/C33H52O6/c1-8-11-12-13-18-39-32(6,7)31(36)23-38-30-17-15-27(20-25(30)5)33(9-2,10-3)26-14-16-29(24(4)19-26)37-22-28(35)21-34/h14-17,19-20,28,31,34-36H,8-13,18,21-23H2,1-7H3/t28-,31+/m0/s1. The van der Waals surface area contributed by atoms with E-state index in [1.807, 2.05) is 39.8 Å². The van der Waals surface area contributed by atoms with Crippen molar-refractivity contribution >= 4 is 0 Å². The monoisotopic (exact) mass is 544 g/mol. The normalized spacial score (nSPS) is 13.8. The van der Waals surface area contributed by atoms with Crippen LogP contribution in [0.4, 0.5) is 0 Å². The van der Waals surface area contributed by atoms with Crippen LogP contribution in [0.25, 0.3) is 0 Å². The third-order valence-corrected chi connectivity index (χ3v) is 7.98. The molecule has 0 amide bonds. The Morgan fingerprint density at radius 1 is 0.769 bits per heavy atom. The van der Waals surface area contributed by atoms with Crippen LogP contribution in [0.2, 0.25) is 0 Å². The Balaban J connectivity index is 2.15. The highest BCUT2D eigenvalue weighted by molar-refractivity contribution is 5.48. The summed E-state index contributed by atoms with van der Waals surface area (Å²) in [6.07, 6.45) is 4.76. The average Bonchev–Trinajstić information content (AvgIpc) is 2.92. The van der Waals surface area contributed by atoms with Crippen molar-refractivity contribution in [1.29, 1.82) is 0 Å². The van der Waals surface area contributed by atoms with E-state index in [1.165, 1.54) is 24.0 Å². The van der Waals surface area contributed by atoms with Gasteiger partial charge in [0.2, 0.25) is 0 Å². The lowest BCUT2D eigenvalue weighted by atomic mass is 9.70. The van der Waals surface area contributed by atoms with Crippen molar-refractivity contribution in [3.8, 4) is 11.5 Å². The summed E-state index contributed by atoms with van der Waals surface area (Å²) < 4.78 is 17.8. The Hall–Kier alpha value is -2.12. The second-order valence-corrected chi connectivity index (χ2v) is 11.2. The molecule has 6 nitrogen and oxygen atoms in total. The van der Waals surface area contributed by atoms with Gasteiger partial charge >= 0.3 is 0 Å². The third kappa shape index (κ3) is 8.94. The van der Waals surface area contributed by atoms with Crippen LogP contribution in [0.15, 0.2) is 36.4 Å². The Morgan fingerprint density at radius 3 is 1.77 bits per heavy atom. The number of hydrogen-bond donors (Lipinski definition) is 3. The molecule has 0 fully saturated rings. The van der Waals surface area contributed by atoms with Crippen LogP contribution in [0.5, 0.6) is 11.5 Å². The fourth-order valence-corrected chi connectivity index (χ4v) is 5.02. The van der Waals surface area contributed by atoms with Gasteiger partial charge in [0.05, 0.1) is 12.2 Å². The van der Waals surface area contributed by atoms with Gasteiger partial charge in [-0.1, -0.05) is 64.3 Å². The maximum atomic E-state index is 10.8. The molecule has 0 aromatic heterocycles. The number of benzene rings is 2. The zero-order valence-electron chi connectivity index (χ0n) is 25.3. The Bertz CT molecular complexity index is 998. The molecular formula is C33H52O6. The van der Waals surface area contributed by atoms with Crippen molar-refractivity contribution in [3.05, 3.63) is 58.7 Å². The molecule has 0 spiro atoms. The van der Waals surface area contributed by atoms with Gasteiger partial charge in [0, 0.05) is 12.0 Å². The summed E-state index contributed by atoms with van der Waals surface area (Å²) in [5, 5.41) is 29.5. The van der Waals surface area contributed by atoms with E-state index in [2.05, 4.69) is 45.0 Å². The Morgan fingerprint density at radius 2 is 1.31 bits per heavy atom. The first kappa shape index (κ1) is 33.1. The van der Waals surface area contributed by atoms with Crippen molar-refractivity contribution < 1.29 is 29.5 Å². The molecule has 6 heteroatoms. The lowest BCUT2D eigenvalue weighted by Gasteiger charge is -2.34. The Kier molecular flexibility index (Phi) is 13.2. The highest BCUT2D eigenvalue weighted by Gasteiger charge is 2.32. The van der Waals surface area contributed by atoms with Crippen molar-refractivity contribution in [3.63, 3.8) is 0 Å². The number of hydrogen-bond acceptors (Lipinski definition) is 6. The SMILES string of the molecule is CCCCCCOC(C)(C)[C@H](O)COc1ccc(C(CC)(CC)c2ccc(OC[C@@H](O)CO)c(C)c2)cc1C. The predicted molar refractivity (Wildman–Crippen MR) is 158 cm³/mol. The minimum absolute atomic E-state index is 0.0566. The van der Waals surface area contributed by atoms with Gasteiger partial charge in [-0.05, 0) is 81.3 Å². The summed E-state index contributed by atoms with van der Waals surface area (Å²) in [6.45, 7) is 15.0. The Labute approximate surface area is 236 Å². The number of aryl methyl sites for hydroxylation is 2. The number of unbranched alkanes of at least 4 members (excludes halogenated alkanes) is 3. The summed E-state index contributed by atoms with van der Waals surface area (Å²) in [6, 6.07) is 12.6. The molecule has 0 saturated heterocycles. The highest BCUT2D eigenvalue weighted by atomic mass is 16.5. The molecule has 2 aromatic rings. The molecule has 2 atom stereocenters. The molecule has 2 rings (SSSR count). The number of aliphatic hydroxyl groups is 3. The van der Waals surface area contributed by atoms with Gasteiger partial charge in [0.25, 0.3) is 0 Å². The molecule has 0 aliphatic heterocycles. The van der Waals surface area contributed by atoms with E-state index in [-0.39, 0.29) is 25.2 Å². The molecule has 220 valence electrons. The second kappa shape index (κ2) is 15.6. The van der Waals surface area contributed by atoms with Crippen molar-refractivity contribution in [2.24, 2.45) is 0 Å². The first-order chi connectivity index (χ1) is 18.5. The first-order valence-electron chi connectivity index (χ1n) is 14.6. The smallest absolute Gasteiger partial charge is 0.122 e. The van der Waals surface area contributed by atoms with Gasteiger partial charge in [-0.2, -0.15) is 0 Å². The molecule has 39 heavy (non-hydrogen) atoms. The van der Waals surface area contributed by atoms with Crippen LogP contribution in [0.1, 0.15) is 95.4 Å². The zero-order chi connectivity index (χ0) is 29.1. The highest BCUT2D eigenvalue weighted by Crippen LogP contribution is 2.41. The maximum Gasteiger partial charge on any atom is 0.122 e. The molecule has 0 saturated carbocycles. The zero-order valence-corrected chi connectivity index (χ0v) is 25.3. The third-order valence-electron chi connectivity index (χ3n) is 7.98. The van der Waals surface area contributed by atoms with Gasteiger partial charge in [-0.25, -0.2) is 0 Å². The van der Waals surface area contributed by atoms with Crippen LogP contribution in [0.3, 0.4) is 0 Å². The van der Waals surface area contributed by atoms with Crippen molar-refractivity contribution in [1.82, 2.24) is 0 Å². The topological polar surface area (TPSA) is 88.4 Å². The van der Waals surface area contributed by atoms with E-state index in [0.29, 0.717) is 12.4 Å². The van der Waals surface area contributed by atoms with Crippen molar-refractivity contribution in [2.75, 3.05) is 26.4 Å². The quantitative estimate of drug-likeness (QED) is 0.192. The summed E-state index contributed by atoms with van der Waals surface area (Å²) in [4.78, 5) is 0. The van der Waals surface area contributed by atoms with Crippen LogP contribution < -0.4 is 9.47 Å². The van der Waals surface area contributed by atoms with Crippen molar-refractivity contribution in [2.45, 2.75) is 110 Å². The van der Waals surface area contributed by atoms with E-state index in [4.69, 9.17) is 19.3 Å². The van der Waals surface area contributed by atoms with Gasteiger partial charge < -0.3 is 29.5 Å². The van der Waals surface area contributed by atoms with E-state index < -0.39 is 17.8 Å². The molecule has 0 aliphatic carbocycles. The lowest BCUT2D eigenvalue weighted by Crippen LogP contribution is -2.43. The molecule has 0 radical (unpaired) electrons. The minimum Gasteiger partial charge on any atom is -0.491 e. The average molecular weight is 545 g/mol. The fourth-order valence-electron chi connectivity index (χ4n) is 5.02. The number of aliphatic hydroxyl groups excluding tert-OH is 3. The number of rotatable bonds is 18. The molecule has 0 bridgehead atoms. The maximum absolute atomic E-state index is 10.8. The van der Waals surface area contributed by atoms with E-state index >= 15 is 0 Å². The van der Waals surface area contributed by atoms with E-state index in [1.54, 1.807) is 0 Å². The van der Waals surface area contributed by atoms with E-state index in [0.717, 1.165) is 42.6 Å². The summed E-state index contributed by atoms with van der Waals surface area (Å²) in [5.74, 6) is 1.47. The van der Waals surface area contributed by atoms with Crippen LogP contribution in [0, 0.1) is 13.8 Å². The number of ether oxygens (including phenoxy) is 3. The molecular weight excluding hydrogens is 492 g/mol. The van der Waals surface area contributed by atoms with Gasteiger partial charge in [0.1, 0.15) is 36.9 Å². The summed E-state index contributed by atoms with van der Waals surface area (Å²) in [7, 11) is 0.